The van der Waals surface area contributed by atoms with Crippen LogP contribution >= 0.6 is 0 Å². The van der Waals surface area contributed by atoms with Crippen molar-refractivity contribution in [1.82, 2.24) is 5.32 Å². The predicted molar refractivity (Wildman–Crippen MR) is 114 cm³/mol. The highest BCUT2D eigenvalue weighted by atomic mass is 16.6. The summed E-state index contributed by atoms with van der Waals surface area (Å²) in [6.07, 6.45) is 0.0717. The minimum Gasteiger partial charge on any atom is -0.467 e. The van der Waals surface area contributed by atoms with Crippen molar-refractivity contribution in [2.45, 2.75) is 51.2 Å². The van der Waals surface area contributed by atoms with Gasteiger partial charge in [0.1, 0.15) is 11.6 Å². The highest BCUT2D eigenvalue weighted by molar-refractivity contribution is 5.91. The van der Waals surface area contributed by atoms with Gasteiger partial charge in [0.2, 0.25) is 5.91 Å². The molecule has 0 bridgehead atoms. The van der Waals surface area contributed by atoms with Crippen molar-refractivity contribution in [3.05, 3.63) is 71.8 Å². The van der Waals surface area contributed by atoms with Crippen LogP contribution in [0.1, 0.15) is 50.7 Å². The molecule has 30 heavy (non-hydrogen) atoms. The first-order valence-corrected chi connectivity index (χ1v) is 9.91. The van der Waals surface area contributed by atoms with E-state index in [1.54, 1.807) is 20.8 Å². The Balaban J connectivity index is 2.19. The zero-order chi connectivity index (χ0) is 22.1. The maximum absolute atomic E-state index is 13.2. The molecule has 0 aliphatic rings. The number of ether oxygens (including phenoxy) is 2. The first-order valence-electron chi connectivity index (χ1n) is 9.91. The standard InChI is InChI=1S/C24H29NO5/c1-24(2,3)30-20(26)16-15-19(23(28)29-4)25-22(27)21(17-11-7-5-8-12-17)18-13-9-6-10-14-18/h5-14,19,21H,15-16H2,1-4H3,(H,25,27)/t19-/m1/s1. The maximum atomic E-state index is 13.2. The van der Waals surface area contributed by atoms with Crippen molar-refractivity contribution in [3.8, 4) is 0 Å². The molecule has 0 aromatic heterocycles. The molecule has 6 heteroatoms. The lowest BCUT2D eigenvalue weighted by Gasteiger charge is -2.23. The molecule has 0 spiro atoms. The highest BCUT2D eigenvalue weighted by Crippen LogP contribution is 2.25. The van der Waals surface area contributed by atoms with Crippen LogP contribution in [0.2, 0.25) is 0 Å². The second-order valence-corrected chi connectivity index (χ2v) is 7.96. The van der Waals surface area contributed by atoms with Crippen molar-refractivity contribution in [2.24, 2.45) is 0 Å². The van der Waals surface area contributed by atoms with Gasteiger partial charge in [-0.1, -0.05) is 60.7 Å². The number of benzene rings is 2. The van der Waals surface area contributed by atoms with E-state index in [1.807, 2.05) is 60.7 Å². The molecule has 0 fully saturated rings. The number of methoxy groups -OCH3 is 1. The largest absolute Gasteiger partial charge is 0.467 e. The molecule has 0 radical (unpaired) electrons. The molecule has 2 aromatic carbocycles. The second-order valence-electron chi connectivity index (χ2n) is 7.96. The van der Waals surface area contributed by atoms with E-state index < -0.39 is 29.5 Å². The Hall–Kier alpha value is -3.15. The SMILES string of the molecule is COC(=O)[C@@H](CCC(=O)OC(C)(C)C)NC(=O)C(c1ccccc1)c1ccccc1. The minimum atomic E-state index is -0.954. The summed E-state index contributed by atoms with van der Waals surface area (Å²) < 4.78 is 10.1. The van der Waals surface area contributed by atoms with Crippen LogP contribution in [-0.2, 0) is 23.9 Å². The van der Waals surface area contributed by atoms with Gasteiger partial charge in [0, 0.05) is 6.42 Å². The quantitative estimate of drug-likeness (QED) is 0.671. The Morgan fingerprint density at radius 1 is 0.900 bits per heavy atom. The molecule has 0 aliphatic heterocycles. The van der Waals surface area contributed by atoms with E-state index in [9.17, 15) is 14.4 Å². The molecule has 0 saturated heterocycles. The molecule has 2 aromatic rings. The van der Waals surface area contributed by atoms with Gasteiger partial charge in [-0.2, -0.15) is 0 Å². The van der Waals surface area contributed by atoms with E-state index >= 15 is 0 Å². The number of amides is 1. The molecular weight excluding hydrogens is 382 g/mol. The van der Waals surface area contributed by atoms with Crippen LogP contribution < -0.4 is 5.32 Å². The summed E-state index contributed by atoms with van der Waals surface area (Å²) in [7, 11) is 1.25. The average molecular weight is 411 g/mol. The molecule has 0 saturated carbocycles. The summed E-state index contributed by atoms with van der Waals surface area (Å²) in [4.78, 5) is 37.5. The molecule has 0 aliphatic carbocycles. The Kier molecular flexibility index (Phi) is 8.16. The fraction of sp³-hybridized carbons (Fsp3) is 0.375. The predicted octanol–water partition coefficient (Wildman–Crippen LogP) is 3.60. The van der Waals surface area contributed by atoms with Crippen LogP contribution in [-0.4, -0.2) is 36.6 Å². The molecule has 160 valence electrons. The fourth-order valence-corrected chi connectivity index (χ4v) is 3.09. The summed E-state index contributed by atoms with van der Waals surface area (Å²) in [6, 6.07) is 17.7. The van der Waals surface area contributed by atoms with Gasteiger partial charge in [0.05, 0.1) is 13.0 Å². The number of nitrogens with one attached hydrogen (secondary N) is 1. The minimum absolute atomic E-state index is 0.0152. The molecule has 1 N–H and O–H groups in total. The lowest BCUT2D eigenvalue weighted by molar-refractivity contribution is -0.155. The molecule has 0 heterocycles. The lowest BCUT2D eigenvalue weighted by atomic mass is 9.90. The summed E-state index contributed by atoms with van der Waals surface area (Å²) >= 11 is 0. The van der Waals surface area contributed by atoms with E-state index in [4.69, 9.17) is 9.47 Å². The second kappa shape index (κ2) is 10.6. The van der Waals surface area contributed by atoms with Gasteiger partial charge in [-0.25, -0.2) is 4.79 Å². The third-order valence-electron chi connectivity index (χ3n) is 4.39. The topological polar surface area (TPSA) is 81.7 Å². The summed E-state index contributed by atoms with van der Waals surface area (Å²) in [5.41, 5.74) is 0.987. The van der Waals surface area contributed by atoms with Gasteiger partial charge < -0.3 is 14.8 Å². The van der Waals surface area contributed by atoms with Crippen molar-refractivity contribution in [1.29, 1.82) is 0 Å². The van der Waals surface area contributed by atoms with Crippen molar-refractivity contribution < 1.29 is 23.9 Å². The molecule has 1 amide bonds. The zero-order valence-electron chi connectivity index (χ0n) is 17.9. The van der Waals surface area contributed by atoms with Crippen LogP contribution in [0.25, 0.3) is 0 Å². The molecule has 0 unspecified atom stereocenters. The normalized spacial score (nSPS) is 12.2. The van der Waals surface area contributed by atoms with Gasteiger partial charge in [-0.05, 0) is 38.3 Å². The van der Waals surface area contributed by atoms with Crippen LogP contribution in [0.4, 0.5) is 0 Å². The van der Waals surface area contributed by atoms with Gasteiger partial charge in [-0.3, -0.25) is 9.59 Å². The highest BCUT2D eigenvalue weighted by Gasteiger charge is 2.29. The summed E-state index contributed by atoms with van der Waals surface area (Å²) in [6.45, 7) is 5.32. The van der Waals surface area contributed by atoms with Crippen LogP contribution in [0.3, 0.4) is 0 Å². The molecular formula is C24H29NO5. The Labute approximate surface area is 177 Å². The third-order valence-corrected chi connectivity index (χ3v) is 4.39. The van der Waals surface area contributed by atoms with Crippen molar-refractivity contribution in [3.63, 3.8) is 0 Å². The Morgan fingerprint density at radius 3 is 1.83 bits per heavy atom. The number of rotatable bonds is 8. The third kappa shape index (κ3) is 7.03. The van der Waals surface area contributed by atoms with E-state index in [1.165, 1.54) is 7.11 Å². The molecule has 1 atom stereocenters. The Morgan fingerprint density at radius 2 is 1.40 bits per heavy atom. The molecule has 6 nitrogen and oxygen atoms in total. The monoisotopic (exact) mass is 411 g/mol. The number of hydrogen-bond donors (Lipinski definition) is 1. The van der Waals surface area contributed by atoms with E-state index in [-0.39, 0.29) is 18.7 Å². The number of hydrogen-bond acceptors (Lipinski definition) is 5. The van der Waals surface area contributed by atoms with E-state index in [2.05, 4.69) is 5.32 Å². The van der Waals surface area contributed by atoms with Crippen molar-refractivity contribution in [2.75, 3.05) is 7.11 Å². The lowest BCUT2D eigenvalue weighted by Crippen LogP contribution is -2.44. The number of esters is 2. The van der Waals surface area contributed by atoms with Crippen molar-refractivity contribution >= 4 is 17.8 Å². The zero-order valence-corrected chi connectivity index (χ0v) is 17.9. The number of carbonyl (C=O) groups excluding carboxylic acids is 3. The summed E-state index contributed by atoms with van der Waals surface area (Å²) in [5, 5.41) is 2.76. The van der Waals surface area contributed by atoms with Gasteiger partial charge in [0.25, 0.3) is 0 Å². The Bertz CT molecular complexity index is 803. The van der Waals surface area contributed by atoms with Gasteiger partial charge >= 0.3 is 11.9 Å². The van der Waals surface area contributed by atoms with Gasteiger partial charge in [-0.15, -0.1) is 0 Å². The van der Waals surface area contributed by atoms with Crippen LogP contribution in [0, 0.1) is 0 Å². The fourth-order valence-electron chi connectivity index (χ4n) is 3.09. The van der Waals surface area contributed by atoms with E-state index in [0.29, 0.717) is 0 Å². The number of carbonyl (C=O) groups is 3. The maximum Gasteiger partial charge on any atom is 0.328 e. The molecule has 2 rings (SSSR count). The first kappa shape index (κ1) is 23.1. The summed E-state index contributed by atoms with van der Waals surface area (Å²) in [5.74, 6) is -1.98. The smallest absolute Gasteiger partial charge is 0.328 e. The first-order chi connectivity index (χ1) is 14.2. The average Bonchev–Trinajstić information content (AvgIpc) is 2.71. The van der Waals surface area contributed by atoms with Gasteiger partial charge in [0.15, 0.2) is 0 Å². The van der Waals surface area contributed by atoms with E-state index in [0.717, 1.165) is 11.1 Å². The van der Waals surface area contributed by atoms with Crippen LogP contribution in [0.5, 0.6) is 0 Å². The van der Waals surface area contributed by atoms with Crippen LogP contribution in [0.15, 0.2) is 60.7 Å².